The zero-order valence-electron chi connectivity index (χ0n) is 9.87. The van der Waals surface area contributed by atoms with Gasteiger partial charge in [0, 0.05) is 35.0 Å². The van der Waals surface area contributed by atoms with Gasteiger partial charge in [-0.05, 0) is 51.7 Å². The minimum atomic E-state index is 0.663. The summed E-state index contributed by atoms with van der Waals surface area (Å²) in [6.07, 6.45) is 4.56. The van der Waals surface area contributed by atoms with E-state index >= 15 is 0 Å². The number of anilines is 1. The quantitative estimate of drug-likeness (QED) is 0.832. The number of benzene rings is 1. The molecule has 94 valence electrons. The van der Waals surface area contributed by atoms with Crippen LogP contribution >= 0.6 is 27.5 Å². The SMILES string of the molecule is ClCCc1ccc(NCc2cncc(Br)c2)cc1. The predicted octanol–water partition coefficient (Wildman–Crippen LogP) is 4.24. The molecular weight excluding hydrogens is 312 g/mol. The largest absolute Gasteiger partial charge is 0.381 e. The fourth-order valence-corrected chi connectivity index (χ4v) is 2.29. The van der Waals surface area contributed by atoms with Crippen LogP contribution in [-0.2, 0) is 13.0 Å². The number of aromatic nitrogens is 1. The van der Waals surface area contributed by atoms with Crippen LogP contribution in [0.1, 0.15) is 11.1 Å². The number of nitrogens with one attached hydrogen (secondary N) is 1. The molecule has 0 aliphatic heterocycles. The van der Waals surface area contributed by atoms with Crippen LogP contribution < -0.4 is 5.32 Å². The van der Waals surface area contributed by atoms with E-state index < -0.39 is 0 Å². The van der Waals surface area contributed by atoms with E-state index in [9.17, 15) is 0 Å². The molecule has 2 rings (SSSR count). The average molecular weight is 326 g/mol. The van der Waals surface area contributed by atoms with Gasteiger partial charge in [0.25, 0.3) is 0 Å². The highest BCUT2D eigenvalue weighted by atomic mass is 79.9. The molecule has 4 heteroatoms. The molecule has 2 aromatic rings. The lowest BCUT2D eigenvalue weighted by Crippen LogP contribution is -2.00. The van der Waals surface area contributed by atoms with Crippen LogP contribution in [-0.4, -0.2) is 10.9 Å². The van der Waals surface area contributed by atoms with E-state index in [0.717, 1.165) is 28.7 Å². The van der Waals surface area contributed by atoms with Crippen LogP contribution in [0, 0.1) is 0 Å². The minimum Gasteiger partial charge on any atom is -0.381 e. The van der Waals surface area contributed by atoms with Crippen molar-refractivity contribution in [2.75, 3.05) is 11.2 Å². The van der Waals surface area contributed by atoms with Crippen molar-refractivity contribution in [3.63, 3.8) is 0 Å². The van der Waals surface area contributed by atoms with Crippen molar-refractivity contribution in [1.82, 2.24) is 4.98 Å². The van der Waals surface area contributed by atoms with Gasteiger partial charge in [-0.25, -0.2) is 0 Å². The second-order valence-electron chi connectivity index (χ2n) is 4.00. The molecule has 0 fully saturated rings. The first-order valence-corrected chi connectivity index (χ1v) is 7.09. The Morgan fingerprint density at radius 3 is 2.56 bits per heavy atom. The van der Waals surface area contributed by atoms with E-state index in [2.05, 4.69) is 56.6 Å². The summed E-state index contributed by atoms with van der Waals surface area (Å²) in [5.74, 6) is 0.663. The maximum absolute atomic E-state index is 5.70. The van der Waals surface area contributed by atoms with Gasteiger partial charge in [0.1, 0.15) is 0 Å². The molecular formula is C14H14BrClN2. The van der Waals surface area contributed by atoms with Crippen molar-refractivity contribution in [1.29, 1.82) is 0 Å². The number of rotatable bonds is 5. The number of pyridine rings is 1. The maximum Gasteiger partial charge on any atom is 0.0416 e. The number of nitrogens with zero attached hydrogens (tertiary/aromatic N) is 1. The lowest BCUT2D eigenvalue weighted by atomic mass is 10.1. The van der Waals surface area contributed by atoms with Crippen LogP contribution in [0.4, 0.5) is 5.69 Å². The number of alkyl halides is 1. The van der Waals surface area contributed by atoms with E-state index in [1.807, 2.05) is 6.20 Å². The third kappa shape index (κ3) is 4.00. The monoisotopic (exact) mass is 324 g/mol. The van der Waals surface area contributed by atoms with Crippen molar-refractivity contribution in [3.8, 4) is 0 Å². The Kier molecular flexibility index (Phi) is 5.02. The van der Waals surface area contributed by atoms with Crippen LogP contribution in [0.3, 0.4) is 0 Å². The van der Waals surface area contributed by atoms with E-state index in [1.165, 1.54) is 5.56 Å². The van der Waals surface area contributed by atoms with Gasteiger partial charge in [-0.2, -0.15) is 0 Å². The summed E-state index contributed by atoms with van der Waals surface area (Å²) in [5, 5.41) is 3.36. The molecule has 1 aromatic carbocycles. The molecule has 1 heterocycles. The number of hydrogen-bond acceptors (Lipinski definition) is 2. The molecule has 18 heavy (non-hydrogen) atoms. The smallest absolute Gasteiger partial charge is 0.0416 e. The topological polar surface area (TPSA) is 24.9 Å². The Hall–Kier alpha value is -1.06. The summed E-state index contributed by atoms with van der Waals surface area (Å²) in [5.41, 5.74) is 3.52. The highest BCUT2D eigenvalue weighted by molar-refractivity contribution is 9.10. The van der Waals surface area contributed by atoms with Gasteiger partial charge < -0.3 is 5.32 Å². The summed E-state index contributed by atoms with van der Waals surface area (Å²) in [4.78, 5) is 4.13. The first kappa shape index (κ1) is 13.4. The molecule has 0 saturated carbocycles. The van der Waals surface area contributed by atoms with Crippen molar-refractivity contribution >= 4 is 33.2 Å². The molecule has 0 atom stereocenters. The lowest BCUT2D eigenvalue weighted by molar-refractivity contribution is 1.10. The Balaban J connectivity index is 1.93. The second kappa shape index (κ2) is 6.76. The van der Waals surface area contributed by atoms with Gasteiger partial charge in [0.2, 0.25) is 0 Å². The maximum atomic E-state index is 5.70. The Bertz CT molecular complexity index is 499. The zero-order valence-corrected chi connectivity index (χ0v) is 12.2. The highest BCUT2D eigenvalue weighted by Gasteiger charge is 1.97. The summed E-state index contributed by atoms with van der Waals surface area (Å²) < 4.78 is 0.999. The molecule has 0 bridgehead atoms. The second-order valence-corrected chi connectivity index (χ2v) is 5.29. The average Bonchev–Trinajstić information content (AvgIpc) is 2.38. The van der Waals surface area contributed by atoms with Gasteiger partial charge in [0.15, 0.2) is 0 Å². The molecule has 0 unspecified atom stereocenters. The third-order valence-corrected chi connectivity index (χ3v) is 3.22. The van der Waals surface area contributed by atoms with Gasteiger partial charge >= 0.3 is 0 Å². The molecule has 0 radical (unpaired) electrons. The highest BCUT2D eigenvalue weighted by Crippen LogP contribution is 2.14. The van der Waals surface area contributed by atoms with Crippen molar-refractivity contribution < 1.29 is 0 Å². The standard InChI is InChI=1S/C14H14BrClN2/c15-13-7-12(8-17-10-13)9-18-14-3-1-11(2-4-14)5-6-16/h1-4,7-8,10,18H,5-6,9H2. The number of aryl methyl sites for hydroxylation is 1. The molecule has 0 spiro atoms. The van der Waals surface area contributed by atoms with Gasteiger partial charge in [0.05, 0.1) is 0 Å². The molecule has 2 nitrogen and oxygen atoms in total. The van der Waals surface area contributed by atoms with Crippen molar-refractivity contribution in [3.05, 3.63) is 58.3 Å². The van der Waals surface area contributed by atoms with E-state index in [-0.39, 0.29) is 0 Å². The molecule has 0 saturated heterocycles. The summed E-state index contributed by atoms with van der Waals surface area (Å²) >= 11 is 9.12. The van der Waals surface area contributed by atoms with E-state index in [0.29, 0.717) is 5.88 Å². The summed E-state index contributed by atoms with van der Waals surface area (Å²) in [6.45, 7) is 0.765. The predicted molar refractivity (Wildman–Crippen MR) is 80.1 cm³/mol. The summed E-state index contributed by atoms with van der Waals surface area (Å²) in [6, 6.07) is 10.4. The van der Waals surface area contributed by atoms with E-state index in [1.54, 1.807) is 6.20 Å². The Labute approximate surface area is 121 Å². The normalized spacial score (nSPS) is 10.3. The number of hydrogen-bond donors (Lipinski definition) is 1. The van der Waals surface area contributed by atoms with Gasteiger partial charge in [-0.15, -0.1) is 11.6 Å². The van der Waals surface area contributed by atoms with Crippen LogP contribution in [0.25, 0.3) is 0 Å². The Morgan fingerprint density at radius 2 is 1.89 bits per heavy atom. The van der Waals surface area contributed by atoms with Crippen LogP contribution in [0.5, 0.6) is 0 Å². The fraction of sp³-hybridized carbons (Fsp3) is 0.214. The van der Waals surface area contributed by atoms with Gasteiger partial charge in [-0.1, -0.05) is 12.1 Å². The molecule has 1 aromatic heterocycles. The van der Waals surface area contributed by atoms with Crippen LogP contribution in [0.15, 0.2) is 47.2 Å². The molecule has 0 aliphatic rings. The lowest BCUT2D eigenvalue weighted by Gasteiger charge is -2.07. The van der Waals surface area contributed by atoms with E-state index in [4.69, 9.17) is 11.6 Å². The fourth-order valence-electron chi connectivity index (χ4n) is 1.66. The first-order valence-electron chi connectivity index (χ1n) is 5.76. The van der Waals surface area contributed by atoms with Crippen molar-refractivity contribution in [2.24, 2.45) is 0 Å². The van der Waals surface area contributed by atoms with Gasteiger partial charge in [-0.3, -0.25) is 4.98 Å². The first-order chi connectivity index (χ1) is 8.78. The van der Waals surface area contributed by atoms with Crippen molar-refractivity contribution in [2.45, 2.75) is 13.0 Å². The molecule has 0 aliphatic carbocycles. The zero-order chi connectivity index (χ0) is 12.8. The molecule has 1 N–H and O–H groups in total. The summed E-state index contributed by atoms with van der Waals surface area (Å²) in [7, 11) is 0. The molecule has 0 amide bonds. The third-order valence-electron chi connectivity index (χ3n) is 2.60. The Morgan fingerprint density at radius 1 is 1.11 bits per heavy atom. The number of halogens is 2. The minimum absolute atomic E-state index is 0.663. The van der Waals surface area contributed by atoms with Crippen LogP contribution in [0.2, 0.25) is 0 Å².